The van der Waals surface area contributed by atoms with E-state index in [0.717, 1.165) is 57.5 Å². The highest BCUT2D eigenvalue weighted by Gasteiger charge is 2.21. The first-order chi connectivity index (χ1) is 12.0. The highest BCUT2D eigenvalue weighted by Crippen LogP contribution is 2.24. The van der Waals surface area contributed by atoms with Gasteiger partial charge in [0.15, 0.2) is 5.96 Å². The van der Waals surface area contributed by atoms with E-state index < -0.39 is 0 Å². The molecule has 1 aliphatic rings. The third-order valence-corrected chi connectivity index (χ3v) is 4.41. The molecule has 1 aromatic carbocycles. The summed E-state index contributed by atoms with van der Waals surface area (Å²) in [7, 11) is 0. The Balaban J connectivity index is 0.00000338. The van der Waals surface area contributed by atoms with Crippen molar-refractivity contribution in [3.8, 4) is 0 Å². The molecule has 0 saturated carbocycles. The van der Waals surface area contributed by atoms with Crippen molar-refractivity contribution in [3.63, 3.8) is 0 Å². The van der Waals surface area contributed by atoms with Crippen LogP contribution in [-0.4, -0.2) is 63.3 Å². The SMILES string of the molecule is CCNC(=NCC(C)(C)c1cccc(F)c1)NCCN1CCOCC1.I. The van der Waals surface area contributed by atoms with Crippen molar-refractivity contribution in [1.29, 1.82) is 0 Å². The normalized spacial score (nSPS) is 16.1. The Hall–Kier alpha value is -0.930. The third kappa shape index (κ3) is 7.75. The largest absolute Gasteiger partial charge is 0.379 e. The zero-order chi connectivity index (χ0) is 18.1. The number of nitrogens with one attached hydrogen (secondary N) is 2. The van der Waals surface area contributed by atoms with Gasteiger partial charge >= 0.3 is 0 Å². The Morgan fingerprint density at radius 2 is 2.00 bits per heavy atom. The molecule has 0 aliphatic carbocycles. The van der Waals surface area contributed by atoms with Gasteiger partial charge in [0.1, 0.15) is 5.82 Å². The summed E-state index contributed by atoms with van der Waals surface area (Å²) in [5, 5.41) is 6.66. The smallest absolute Gasteiger partial charge is 0.191 e. The van der Waals surface area contributed by atoms with Gasteiger partial charge in [0.2, 0.25) is 0 Å². The number of benzene rings is 1. The van der Waals surface area contributed by atoms with Gasteiger partial charge in [-0.25, -0.2) is 4.39 Å². The van der Waals surface area contributed by atoms with Gasteiger partial charge in [-0.2, -0.15) is 0 Å². The van der Waals surface area contributed by atoms with Crippen molar-refractivity contribution >= 4 is 29.9 Å². The van der Waals surface area contributed by atoms with Crippen LogP contribution in [0.1, 0.15) is 26.3 Å². The summed E-state index contributed by atoms with van der Waals surface area (Å²) in [6.45, 7) is 13.0. The van der Waals surface area contributed by atoms with Crippen molar-refractivity contribution < 1.29 is 9.13 Å². The zero-order valence-corrected chi connectivity index (χ0v) is 18.4. The van der Waals surface area contributed by atoms with Gasteiger partial charge in [-0.3, -0.25) is 9.89 Å². The van der Waals surface area contributed by atoms with Crippen LogP contribution in [0.3, 0.4) is 0 Å². The number of hydrogen-bond donors (Lipinski definition) is 2. The first-order valence-electron chi connectivity index (χ1n) is 9.09. The minimum absolute atomic E-state index is 0. The number of halogens is 2. The summed E-state index contributed by atoms with van der Waals surface area (Å²) in [5.74, 6) is 0.602. The average molecular weight is 478 g/mol. The monoisotopic (exact) mass is 478 g/mol. The second-order valence-electron chi connectivity index (χ2n) is 6.97. The number of hydrogen-bond acceptors (Lipinski definition) is 3. The van der Waals surface area contributed by atoms with Gasteiger partial charge in [-0.05, 0) is 24.6 Å². The number of morpholine rings is 1. The minimum atomic E-state index is -0.228. The van der Waals surface area contributed by atoms with Crippen molar-refractivity contribution in [1.82, 2.24) is 15.5 Å². The van der Waals surface area contributed by atoms with Crippen molar-refractivity contribution in [2.45, 2.75) is 26.2 Å². The minimum Gasteiger partial charge on any atom is -0.379 e. The highest BCUT2D eigenvalue weighted by molar-refractivity contribution is 14.0. The lowest BCUT2D eigenvalue weighted by Crippen LogP contribution is -2.44. The number of ether oxygens (including phenoxy) is 1. The van der Waals surface area contributed by atoms with Crippen LogP contribution in [0.25, 0.3) is 0 Å². The lowest BCUT2D eigenvalue weighted by Gasteiger charge is -2.27. The molecule has 0 aromatic heterocycles. The average Bonchev–Trinajstić information content (AvgIpc) is 2.61. The molecule has 0 atom stereocenters. The second-order valence-corrected chi connectivity index (χ2v) is 6.97. The Kier molecular flexibility index (Phi) is 10.4. The molecule has 0 amide bonds. The molecule has 1 saturated heterocycles. The molecule has 0 radical (unpaired) electrons. The Morgan fingerprint density at radius 1 is 1.27 bits per heavy atom. The van der Waals surface area contributed by atoms with E-state index in [2.05, 4.69) is 36.3 Å². The fourth-order valence-corrected chi connectivity index (χ4v) is 2.78. The van der Waals surface area contributed by atoms with Crippen LogP contribution in [-0.2, 0) is 10.2 Å². The van der Waals surface area contributed by atoms with Crippen LogP contribution in [0.5, 0.6) is 0 Å². The van der Waals surface area contributed by atoms with Gasteiger partial charge in [0, 0.05) is 38.1 Å². The number of nitrogens with zero attached hydrogens (tertiary/aromatic N) is 2. The number of rotatable bonds is 7. The maximum atomic E-state index is 13.5. The Labute approximate surface area is 173 Å². The van der Waals surface area contributed by atoms with Crippen LogP contribution in [0, 0.1) is 5.82 Å². The molecule has 5 nitrogen and oxygen atoms in total. The fraction of sp³-hybridized carbons (Fsp3) is 0.632. The predicted octanol–water partition coefficient (Wildman–Crippen LogP) is 2.61. The maximum Gasteiger partial charge on any atom is 0.191 e. The van der Waals surface area contributed by atoms with Crippen LogP contribution < -0.4 is 10.6 Å². The summed E-state index contributed by atoms with van der Waals surface area (Å²) in [4.78, 5) is 7.09. The van der Waals surface area contributed by atoms with E-state index in [9.17, 15) is 4.39 Å². The number of guanidine groups is 1. The van der Waals surface area contributed by atoms with E-state index in [0.29, 0.717) is 6.54 Å². The molecule has 1 aromatic rings. The first kappa shape index (κ1) is 23.1. The second kappa shape index (κ2) is 11.7. The molecule has 26 heavy (non-hydrogen) atoms. The molecule has 1 aliphatic heterocycles. The van der Waals surface area contributed by atoms with Gasteiger partial charge < -0.3 is 15.4 Å². The zero-order valence-electron chi connectivity index (χ0n) is 16.1. The van der Waals surface area contributed by atoms with Gasteiger partial charge in [-0.15, -0.1) is 24.0 Å². The molecule has 1 fully saturated rings. The van der Waals surface area contributed by atoms with Crippen LogP contribution in [0.2, 0.25) is 0 Å². The maximum absolute atomic E-state index is 13.5. The van der Waals surface area contributed by atoms with Gasteiger partial charge in [0.25, 0.3) is 0 Å². The van der Waals surface area contributed by atoms with Crippen LogP contribution in [0.4, 0.5) is 4.39 Å². The molecular formula is C19H32FIN4O. The van der Waals surface area contributed by atoms with E-state index in [4.69, 9.17) is 9.73 Å². The van der Waals surface area contributed by atoms with E-state index in [-0.39, 0.29) is 35.2 Å². The van der Waals surface area contributed by atoms with Crippen molar-refractivity contribution in [2.24, 2.45) is 4.99 Å². The molecule has 0 unspecified atom stereocenters. The van der Waals surface area contributed by atoms with E-state index in [1.54, 1.807) is 12.1 Å². The fourth-order valence-electron chi connectivity index (χ4n) is 2.78. The molecule has 0 spiro atoms. The topological polar surface area (TPSA) is 48.9 Å². The predicted molar refractivity (Wildman–Crippen MR) is 116 cm³/mol. The van der Waals surface area contributed by atoms with E-state index in [1.807, 2.05) is 6.07 Å². The molecule has 7 heteroatoms. The quantitative estimate of drug-likeness (QED) is 0.360. The standard InChI is InChI=1S/C19H31FN4O.HI/c1-4-21-18(22-8-9-24-10-12-25-13-11-24)23-15-19(2,3)16-6-5-7-17(20)14-16;/h5-7,14H,4,8-13,15H2,1-3H3,(H2,21,22,23);1H. The van der Waals surface area contributed by atoms with Gasteiger partial charge in [0.05, 0.1) is 19.8 Å². The molecule has 0 bridgehead atoms. The van der Waals surface area contributed by atoms with Crippen LogP contribution >= 0.6 is 24.0 Å². The summed E-state index contributed by atoms with van der Waals surface area (Å²) in [6.07, 6.45) is 0. The van der Waals surface area contributed by atoms with Crippen molar-refractivity contribution in [2.75, 3.05) is 52.5 Å². The van der Waals surface area contributed by atoms with Gasteiger partial charge in [-0.1, -0.05) is 26.0 Å². The molecule has 1 heterocycles. The summed E-state index contributed by atoms with van der Waals surface area (Å²) in [5.41, 5.74) is 0.731. The lowest BCUT2D eigenvalue weighted by molar-refractivity contribution is 0.0389. The summed E-state index contributed by atoms with van der Waals surface area (Å²) < 4.78 is 18.9. The summed E-state index contributed by atoms with van der Waals surface area (Å²) >= 11 is 0. The summed E-state index contributed by atoms with van der Waals surface area (Å²) in [6, 6.07) is 6.77. The molecule has 2 N–H and O–H groups in total. The Morgan fingerprint density at radius 3 is 2.65 bits per heavy atom. The highest BCUT2D eigenvalue weighted by atomic mass is 127. The molecule has 148 valence electrons. The number of aliphatic imine (C=N–C) groups is 1. The van der Waals surface area contributed by atoms with E-state index in [1.165, 1.54) is 6.07 Å². The molecular weight excluding hydrogens is 446 g/mol. The van der Waals surface area contributed by atoms with Crippen molar-refractivity contribution in [3.05, 3.63) is 35.6 Å². The molecule has 2 rings (SSSR count). The third-order valence-electron chi connectivity index (χ3n) is 4.41. The lowest BCUT2D eigenvalue weighted by atomic mass is 9.85. The first-order valence-corrected chi connectivity index (χ1v) is 9.09. The van der Waals surface area contributed by atoms with Crippen LogP contribution in [0.15, 0.2) is 29.3 Å². The Bertz CT molecular complexity index is 562. The van der Waals surface area contributed by atoms with E-state index >= 15 is 0 Å².